The molecule has 4 N–H and O–H groups in total. The third kappa shape index (κ3) is 3.95. The molecule has 0 radical (unpaired) electrons. The first kappa shape index (κ1) is 16.9. The Kier molecular flexibility index (Phi) is 4.88. The third-order valence-electron chi connectivity index (χ3n) is 4.46. The molecule has 1 aromatic heterocycles. The fraction of sp³-hybridized carbons (Fsp3) is 0.625. The van der Waals surface area contributed by atoms with E-state index in [2.05, 4.69) is 10.2 Å². The number of hydrogen-bond donors (Lipinski definition) is 3. The Balaban J connectivity index is 1.41. The lowest BCUT2D eigenvalue weighted by Gasteiger charge is -2.48. The van der Waals surface area contributed by atoms with Gasteiger partial charge >= 0.3 is 0 Å². The van der Waals surface area contributed by atoms with Crippen molar-refractivity contribution in [2.24, 2.45) is 11.7 Å². The number of nitrogens with one attached hydrogen (secondary N) is 1. The van der Waals surface area contributed by atoms with Gasteiger partial charge in [-0.05, 0) is 30.9 Å². The molecule has 8 heteroatoms. The van der Waals surface area contributed by atoms with E-state index in [9.17, 15) is 14.7 Å². The molecule has 0 aromatic carbocycles. The molecule has 2 aliphatic heterocycles. The number of aliphatic hydroxyl groups is 1. The molecule has 1 unspecified atom stereocenters. The number of carbonyl (C=O) groups is 2. The first-order valence-corrected chi connectivity index (χ1v) is 8.15. The second kappa shape index (κ2) is 6.92. The van der Waals surface area contributed by atoms with Crippen LogP contribution in [0.3, 0.4) is 0 Å². The van der Waals surface area contributed by atoms with Gasteiger partial charge < -0.3 is 25.3 Å². The second-order valence-corrected chi connectivity index (χ2v) is 6.69. The molecule has 8 nitrogen and oxygen atoms in total. The van der Waals surface area contributed by atoms with Crippen LogP contribution in [0.2, 0.25) is 0 Å². The van der Waals surface area contributed by atoms with Crippen LogP contribution in [-0.4, -0.2) is 66.8 Å². The first-order chi connectivity index (χ1) is 11.5. The lowest BCUT2D eigenvalue weighted by Crippen LogP contribution is -2.67. The Morgan fingerprint density at radius 1 is 1.38 bits per heavy atom. The lowest BCUT2D eigenvalue weighted by molar-refractivity contribution is -0.105. The minimum atomic E-state index is -0.926. The van der Waals surface area contributed by atoms with E-state index in [1.165, 1.54) is 12.1 Å². The van der Waals surface area contributed by atoms with Gasteiger partial charge in [-0.15, -0.1) is 0 Å². The molecule has 2 amide bonds. The van der Waals surface area contributed by atoms with Crippen LogP contribution in [0.5, 0.6) is 0 Å². The van der Waals surface area contributed by atoms with Crippen LogP contribution in [0, 0.1) is 5.92 Å². The summed E-state index contributed by atoms with van der Waals surface area (Å²) in [4.78, 5) is 25.1. The number of furan rings is 1. The summed E-state index contributed by atoms with van der Waals surface area (Å²) in [5.41, 5.74) is 4.15. The van der Waals surface area contributed by atoms with Gasteiger partial charge in [0, 0.05) is 32.8 Å². The molecule has 0 spiro atoms. The summed E-state index contributed by atoms with van der Waals surface area (Å²) in [5.74, 6) is -0.747. The van der Waals surface area contributed by atoms with Gasteiger partial charge in [-0.3, -0.25) is 14.5 Å². The van der Waals surface area contributed by atoms with Gasteiger partial charge in [0.2, 0.25) is 0 Å². The van der Waals surface area contributed by atoms with E-state index in [0.29, 0.717) is 19.0 Å². The van der Waals surface area contributed by atoms with E-state index in [1.807, 2.05) is 0 Å². The monoisotopic (exact) mass is 337 g/mol. The molecule has 0 bridgehead atoms. The molecule has 3 rings (SSSR count). The van der Waals surface area contributed by atoms with E-state index >= 15 is 0 Å². The zero-order valence-electron chi connectivity index (χ0n) is 13.5. The van der Waals surface area contributed by atoms with Gasteiger partial charge in [0.15, 0.2) is 11.5 Å². The Morgan fingerprint density at radius 3 is 2.75 bits per heavy atom. The van der Waals surface area contributed by atoms with Crippen LogP contribution in [0.15, 0.2) is 16.5 Å². The van der Waals surface area contributed by atoms with Crippen molar-refractivity contribution >= 4 is 11.8 Å². The van der Waals surface area contributed by atoms with Crippen LogP contribution in [0.1, 0.15) is 34.0 Å². The molecule has 1 aromatic rings. The third-order valence-corrected chi connectivity index (χ3v) is 4.46. The van der Waals surface area contributed by atoms with Gasteiger partial charge in [-0.2, -0.15) is 0 Å². The van der Waals surface area contributed by atoms with Crippen molar-refractivity contribution < 1.29 is 23.8 Å². The minimum absolute atomic E-state index is 0.00272. The van der Waals surface area contributed by atoms with Crippen molar-refractivity contribution in [3.05, 3.63) is 23.7 Å². The fourth-order valence-electron chi connectivity index (χ4n) is 3.27. The van der Waals surface area contributed by atoms with Crippen LogP contribution < -0.4 is 11.1 Å². The summed E-state index contributed by atoms with van der Waals surface area (Å²) < 4.78 is 10.5. The van der Waals surface area contributed by atoms with Crippen molar-refractivity contribution in [1.29, 1.82) is 0 Å². The highest BCUT2D eigenvalue weighted by Crippen LogP contribution is 2.24. The Morgan fingerprint density at radius 2 is 2.12 bits per heavy atom. The average molecular weight is 337 g/mol. The van der Waals surface area contributed by atoms with E-state index < -0.39 is 17.4 Å². The normalized spacial score (nSPS) is 23.5. The lowest BCUT2D eigenvalue weighted by atomic mass is 9.91. The van der Waals surface area contributed by atoms with E-state index in [0.717, 1.165) is 32.6 Å². The highest BCUT2D eigenvalue weighted by Gasteiger charge is 2.42. The molecule has 132 valence electrons. The predicted molar refractivity (Wildman–Crippen MR) is 84.5 cm³/mol. The number of likely N-dealkylation sites (tertiary alicyclic amines) is 1. The SMILES string of the molecule is NC(=O)c1ccc(C(=O)NCC2(O)CN(CC3CCCOC3)C2)o1. The maximum atomic E-state index is 12.0. The smallest absolute Gasteiger partial charge is 0.287 e. The molecule has 0 saturated carbocycles. The van der Waals surface area contributed by atoms with Gasteiger partial charge in [-0.25, -0.2) is 0 Å². The average Bonchev–Trinajstić information content (AvgIpc) is 3.02. The zero-order valence-corrected chi connectivity index (χ0v) is 13.5. The highest BCUT2D eigenvalue weighted by atomic mass is 16.5. The van der Waals surface area contributed by atoms with Crippen LogP contribution in [0.4, 0.5) is 0 Å². The van der Waals surface area contributed by atoms with Crippen molar-refractivity contribution in [1.82, 2.24) is 10.2 Å². The number of amides is 2. The number of carbonyl (C=O) groups excluding carboxylic acids is 2. The van der Waals surface area contributed by atoms with Crippen LogP contribution in [-0.2, 0) is 4.74 Å². The number of nitrogens with zero attached hydrogens (tertiary/aromatic N) is 1. The molecule has 2 aliphatic rings. The maximum absolute atomic E-state index is 12.0. The number of ether oxygens (including phenoxy) is 1. The molecular formula is C16H23N3O5. The molecule has 3 heterocycles. The molecular weight excluding hydrogens is 314 g/mol. The van der Waals surface area contributed by atoms with Crippen LogP contribution in [0.25, 0.3) is 0 Å². The van der Waals surface area contributed by atoms with Gasteiger partial charge in [0.05, 0.1) is 6.61 Å². The number of primary amides is 1. The quantitative estimate of drug-likeness (QED) is 0.649. The van der Waals surface area contributed by atoms with Gasteiger partial charge in [0.25, 0.3) is 11.8 Å². The molecule has 2 saturated heterocycles. The largest absolute Gasteiger partial charge is 0.446 e. The zero-order chi connectivity index (χ0) is 17.2. The van der Waals surface area contributed by atoms with E-state index in [1.54, 1.807) is 0 Å². The van der Waals surface area contributed by atoms with Crippen LogP contribution >= 0.6 is 0 Å². The summed E-state index contributed by atoms with van der Waals surface area (Å²) in [7, 11) is 0. The predicted octanol–water partition coefficient (Wildman–Crippen LogP) is -0.418. The Labute approximate surface area is 139 Å². The maximum Gasteiger partial charge on any atom is 0.287 e. The standard InChI is InChI=1S/C16H23N3O5/c17-14(20)12-3-4-13(24-12)15(21)18-8-16(22)9-19(10-16)6-11-2-1-5-23-7-11/h3-4,11,22H,1-2,5-10H2,(H2,17,20)(H,18,21). The Hall–Kier alpha value is -1.90. The minimum Gasteiger partial charge on any atom is -0.446 e. The first-order valence-electron chi connectivity index (χ1n) is 8.15. The molecule has 0 aliphatic carbocycles. The summed E-state index contributed by atoms with van der Waals surface area (Å²) >= 11 is 0. The van der Waals surface area contributed by atoms with Crippen molar-refractivity contribution in [3.63, 3.8) is 0 Å². The van der Waals surface area contributed by atoms with Crippen molar-refractivity contribution in [2.45, 2.75) is 18.4 Å². The van der Waals surface area contributed by atoms with Crippen molar-refractivity contribution in [3.8, 4) is 0 Å². The van der Waals surface area contributed by atoms with Gasteiger partial charge in [-0.1, -0.05) is 0 Å². The molecule has 1 atom stereocenters. The number of β-amino-alcohol motifs (C(OH)–C–C–N with tert-alkyl or cyclic N) is 1. The highest BCUT2D eigenvalue weighted by molar-refractivity contribution is 5.95. The Bertz CT molecular complexity index is 603. The topological polar surface area (TPSA) is 118 Å². The fourth-order valence-corrected chi connectivity index (χ4v) is 3.27. The van der Waals surface area contributed by atoms with E-state index in [-0.39, 0.29) is 18.1 Å². The molecule has 2 fully saturated rings. The summed E-state index contributed by atoms with van der Waals surface area (Å²) in [6.07, 6.45) is 2.25. The van der Waals surface area contributed by atoms with Crippen molar-refractivity contribution in [2.75, 3.05) is 39.4 Å². The summed E-state index contributed by atoms with van der Waals surface area (Å²) in [6, 6.07) is 2.74. The van der Waals surface area contributed by atoms with E-state index in [4.69, 9.17) is 14.9 Å². The number of hydrogen-bond acceptors (Lipinski definition) is 6. The summed E-state index contributed by atoms with van der Waals surface area (Å²) in [6.45, 7) is 3.72. The summed E-state index contributed by atoms with van der Waals surface area (Å²) in [5, 5.41) is 13.0. The number of nitrogens with two attached hydrogens (primary N) is 1. The molecule has 24 heavy (non-hydrogen) atoms. The second-order valence-electron chi connectivity index (χ2n) is 6.69. The number of rotatable bonds is 6. The van der Waals surface area contributed by atoms with Gasteiger partial charge in [0.1, 0.15) is 5.60 Å².